The molecule has 0 radical (unpaired) electrons. The number of rotatable bonds is 5. The average molecular weight is 413 g/mol. The van der Waals surface area contributed by atoms with Gasteiger partial charge in [-0.15, -0.1) is 0 Å². The van der Waals surface area contributed by atoms with E-state index in [1.807, 2.05) is 39.0 Å². The molecule has 2 atom stereocenters. The molecule has 1 heterocycles. The maximum Gasteiger partial charge on any atom is 0.123 e. The van der Waals surface area contributed by atoms with Crippen molar-refractivity contribution in [3.05, 3.63) is 81.9 Å². The fourth-order valence-electron chi connectivity index (χ4n) is 3.47. The summed E-state index contributed by atoms with van der Waals surface area (Å²) in [5, 5.41) is 8.81. The first-order chi connectivity index (χ1) is 13.8. The Morgan fingerprint density at radius 2 is 1.93 bits per heavy atom. The van der Waals surface area contributed by atoms with Gasteiger partial charge in [0.05, 0.1) is 30.8 Å². The van der Waals surface area contributed by atoms with Crippen molar-refractivity contribution >= 4 is 22.2 Å². The lowest BCUT2D eigenvalue weighted by atomic mass is 9.90. The van der Waals surface area contributed by atoms with Crippen molar-refractivity contribution in [2.45, 2.75) is 32.6 Å². The van der Waals surface area contributed by atoms with Gasteiger partial charge in [-0.1, -0.05) is 19.1 Å². The number of nitrogens with zero attached hydrogens (tertiary/aromatic N) is 1. The third-order valence-electron chi connectivity index (χ3n) is 5.01. The molecule has 3 rings (SSSR count). The van der Waals surface area contributed by atoms with Crippen LogP contribution < -0.4 is 0 Å². The summed E-state index contributed by atoms with van der Waals surface area (Å²) in [6, 6.07) is 10.1. The highest BCUT2D eigenvalue weighted by Gasteiger charge is 2.26. The highest BCUT2D eigenvalue weighted by molar-refractivity contribution is 7.84. The quantitative estimate of drug-likeness (QED) is 0.733. The van der Waals surface area contributed by atoms with E-state index in [9.17, 15) is 8.60 Å². The fourth-order valence-corrected chi connectivity index (χ4v) is 4.23. The standard InChI is InChI=1S/C23H25FN2O2S/c1-5-29(27)13-16-6-8-19-20(11-16)22(25)21(12-28-4)15(3)26-23(19)18-9-7-17(24)10-14(18)2/h6-12,15,25H,5,13H2,1-4H3/b21-12-,25-22?. The van der Waals surface area contributed by atoms with Crippen molar-refractivity contribution in [3.63, 3.8) is 0 Å². The Morgan fingerprint density at radius 3 is 2.59 bits per heavy atom. The molecule has 4 nitrogen and oxygen atoms in total. The fraction of sp³-hybridized carbons (Fsp3) is 0.304. The van der Waals surface area contributed by atoms with Gasteiger partial charge in [-0.3, -0.25) is 14.6 Å². The first-order valence-corrected chi connectivity index (χ1v) is 11.0. The van der Waals surface area contributed by atoms with Crippen LogP contribution in [-0.2, 0) is 21.3 Å². The smallest absolute Gasteiger partial charge is 0.123 e. The molecule has 1 N–H and O–H groups in total. The summed E-state index contributed by atoms with van der Waals surface area (Å²) in [5.41, 5.74) is 5.76. The molecular weight excluding hydrogens is 387 g/mol. The van der Waals surface area contributed by atoms with Crippen molar-refractivity contribution in [1.82, 2.24) is 0 Å². The molecule has 0 amide bonds. The van der Waals surface area contributed by atoms with Gasteiger partial charge >= 0.3 is 0 Å². The normalized spacial score (nSPS) is 18.8. The maximum absolute atomic E-state index is 13.7. The van der Waals surface area contributed by atoms with Crippen LogP contribution in [0, 0.1) is 18.2 Å². The van der Waals surface area contributed by atoms with Gasteiger partial charge in [-0.25, -0.2) is 4.39 Å². The zero-order valence-electron chi connectivity index (χ0n) is 17.1. The van der Waals surface area contributed by atoms with E-state index in [2.05, 4.69) is 0 Å². The summed E-state index contributed by atoms with van der Waals surface area (Å²) in [6.07, 6.45) is 1.55. The highest BCUT2D eigenvalue weighted by Crippen LogP contribution is 2.28. The number of hydrogen-bond acceptors (Lipinski definition) is 4. The van der Waals surface area contributed by atoms with Crippen LogP contribution in [0.25, 0.3) is 0 Å². The zero-order chi connectivity index (χ0) is 21.1. The number of fused-ring (bicyclic) bond motifs is 1. The number of halogens is 1. The van der Waals surface area contributed by atoms with Crippen LogP contribution in [0.3, 0.4) is 0 Å². The van der Waals surface area contributed by atoms with Gasteiger partial charge in [0.2, 0.25) is 0 Å². The van der Waals surface area contributed by atoms with Crippen molar-refractivity contribution < 1.29 is 13.3 Å². The van der Waals surface area contributed by atoms with Crippen molar-refractivity contribution in [1.29, 1.82) is 5.41 Å². The van der Waals surface area contributed by atoms with E-state index in [0.717, 1.165) is 28.0 Å². The number of aliphatic imine (C=N–C) groups is 1. The Hall–Kier alpha value is -2.60. The number of hydrogen-bond donors (Lipinski definition) is 1. The van der Waals surface area contributed by atoms with Crippen molar-refractivity contribution in [3.8, 4) is 0 Å². The molecule has 6 heteroatoms. The van der Waals surface area contributed by atoms with Crippen LogP contribution in [0.5, 0.6) is 0 Å². The monoisotopic (exact) mass is 412 g/mol. The minimum absolute atomic E-state index is 0.293. The van der Waals surface area contributed by atoms with E-state index in [1.54, 1.807) is 19.4 Å². The van der Waals surface area contributed by atoms with Gasteiger partial charge < -0.3 is 4.74 Å². The molecule has 0 fully saturated rings. The van der Waals surface area contributed by atoms with Crippen LogP contribution in [0.1, 0.15) is 41.7 Å². The van der Waals surface area contributed by atoms with Gasteiger partial charge in [0.15, 0.2) is 0 Å². The first kappa shape index (κ1) is 21.1. The van der Waals surface area contributed by atoms with Gasteiger partial charge in [0.25, 0.3) is 0 Å². The Morgan fingerprint density at radius 1 is 1.21 bits per heavy atom. The average Bonchev–Trinajstić information content (AvgIpc) is 2.78. The molecule has 152 valence electrons. The number of methoxy groups -OCH3 is 1. The summed E-state index contributed by atoms with van der Waals surface area (Å²) < 4.78 is 30.9. The van der Waals surface area contributed by atoms with E-state index in [4.69, 9.17) is 15.1 Å². The predicted molar refractivity (Wildman–Crippen MR) is 117 cm³/mol. The number of benzene rings is 2. The molecule has 0 aliphatic carbocycles. The number of ether oxygens (including phenoxy) is 1. The van der Waals surface area contributed by atoms with Gasteiger partial charge in [-0.05, 0) is 49.2 Å². The maximum atomic E-state index is 13.7. The number of nitrogens with one attached hydrogen (secondary N) is 1. The Bertz CT molecular complexity index is 1040. The molecule has 0 saturated carbocycles. The molecule has 2 aromatic carbocycles. The van der Waals surface area contributed by atoms with Gasteiger partial charge in [0, 0.05) is 44.6 Å². The Kier molecular flexibility index (Phi) is 6.42. The second-order valence-corrected chi connectivity index (χ2v) is 8.80. The molecule has 0 aromatic heterocycles. The Balaban J connectivity index is 2.23. The molecular formula is C23H25FN2O2S. The molecule has 2 unspecified atom stereocenters. The molecule has 1 aliphatic rings. The summed E-state index contributed by atoms with van der Waals surface area (Å²) in [6.45, 7) is 5.66. The lowest BCUT2D eigenvalue weighted by Gasteiger charge is -2.14. The topological polar surface area (TPSA) is 62.5 Å². The lowest BCUT2D eigenvalue weighted by molar-refractivity contribution is 0.334. The van der Waals surface area contributed by atoms with Crippen LogP contribution in [0.4, 0.5) is 4.39 Å². The van der Waals surface area contributed by atoms with Crippen molar-refractivity contribution in [2.24, 2.45) is 4.99 Å². The largest absolute Gasteiger partial charge is 0.504 e. The summed E-state index contributed by atoms with van der Waals surface area (Å²) in [7, 11) is 0.604. The highest BCUT2D eigenvalue weighted by atomic mass is 32.2. The third-order valence-corrected chi connectivity index (χ3v) is 6.31. The summed E-state index contributed by atoms with van der Waals surface area (Å²) >= 11 is 0. The molecule has 0 spiro atoms. The second kappa shape index (κ2) is 8.82. The first-order valence-electron chi connectivity index (χ1n) is 9.50. The Labute approximate surface area is 173 Å². The number of aryl methyl sites for hydroxylation is 1. The summed E-state index contributed by atoms with van der Waals surface area (Å²) in [5.74, 6) is 0.735. The van der Waals surface area contributed by atoms with E-state index < -0.39 is 10.8 Å². The van der Waals surface area contributed by atoms with Crippen molar-refractivity contribution in [2.75, 3.05) is 12.9 Å². The van der Waals surface area contributed by atoms with Crippen LogP contribution in [-0.4, -0.2) is 34.5 Å². The molecule has 0 bridgehead atoms. The van der Waals surface area contributed by atoms with Crippen LogP contribution in [0.2, 0.25) is 0 Å². The van der Waals surface area contributed by atoms with E-state index in [1.165, 1.54) is 12.1 Å². The van der Waals surface area contributed by atoms with E-state index in [-0.39, 0.29) is 11.9 Å². The third kappa shape index (κ3) is 4.37. The van der Waals surface area contributed by atoms with Crippen LogP contribution >= 0.6 is 0 Å². The lowest BCUT2D eigenvalue weighted by Crippen LogP contribution is -2.13. The molecule has 1 aliphatic heterocycles. The minimum Gasteiger partial charge on any atom is -0.504 e. The zero-order valence-corrected chi connectivity index (χ0v) is 17.9. The molecule has 2 aromatic rings. The van der Waals surface area contributed by atoms with Crippen LogP contribution in [0.15, 0.2) is 53.2 Å². The van der Waals surface area contributed by atoms with Gasteiger partial charge in [0.1, 0.15) is 5.82 Å². The summed E-state index contributed by atoms with van der Waals surface area (Å²) in [4.78, 5) is 4.88. The van der Waals surface area contributed by atoms with E-state index in [0.29, 0.717) is 28.4 Å². The molecule has 0 saturated heterocycles. The SMILES string of the molecule is CCS(=O)Cc1ccc2c(c1)C(=N)/C(=C\OC)C(C)N=C2c1ccc(F)cc1C. The molecule has 29 heavy (non-hydrogen) atoms. The second-order valence-electron chi connectivity index (χ2n) is 7.05. The van der Waals surface area contributed by atoms with E-state index >= 15 is 0 Å². The predicted octanol–water partition coefficient (Wildman–Crippen LogP) is 4.54. The van der Waals surface area contributed by atoms with Gasteiger partial charge in [-0.2, -0.15) is 0 Å². The minimum atomic E-state index is -0.946.